The normalized spacial score (nSPS) is 25.0. The van der Waals surface area contributed by atoms with Crippen molar-refractivity contribution in [3.05, 3.63) is 69.7 Å². The van der Waals surface area contributed by atoms with E-state index in [9.17, 15) is 20.1 Å². The Labute approximate surface area is 178 Å². The minimum Gasteiger partial charge on any atom is -0.387 e. The molecule has 2 aromatic carbocycles. The van der Waals surface area contributed by atoms with Crippen molar-refractivity contribution in [1.82, 2.24) is 10.6 Å². The van der Waals surface area contributed by atoms with Crippen molar-refractivity contribution < 1.29 is 24.9 Å². The Morgan fingerprint density at radius 2 is 1.93 bits per heavy atom. The smallest absolute Gasteiger partial charge is 0.251 e. The highest BCUT2D eigenvalue weighted by Crippen LogP contribution is 2.27. The predicted octanol–water partition coefficient (Wildman–Crippen LogP) is 1.49. The second-order valence-electron chi connectivity index (χ2n) is 6.93. The van der Waals surface area contributed by atoms with Crippen LogP contribution in [0, 0.1) is 0 Å². The molecule has 1 fully saturated rings. The molecule has 0 aromatic heterocycles. The van der Waals surface area contributed by atoms with Crippen molar-refractivity contribution in [2.45, 2.75) is 24.0 Å². The van der Waals surface area contributed by atoms with Crippen molar-refractivity contribution in [1.29, 1.82) is 0 Å². The molecule has 9 heteroatoms. The summed E-state index contributed by atoms with van der Waals surface area (Å²) in [4.78, 5) is 12.1. The van der Waals surface area contributed by atoms with Crippen LogP contribution in [0.4, 0.5) is 0 Å². The maximum Gasteiger partial charge on any atom is 0.251 e. The van der Waals surface area contributed by atoms with E-state index in [0.717, 1.165) is 0 Å². The van der Waals surface area contributed by atoms with Crippen molar-refractivity contribution in [2.24, 2.45) is 0 Å². The van der Waals surface area contributed by atoms with Crippen molar-refractivity contribution in [3.8, 4) is 0 Å². The van der Waals surface area contributed by atoms with Gasteiger partial charge in [-0.25, -0.2) is 0 Å². The second kappa shape index (κ2) is 9.40. The molecule has 0 radical (unpaired) electrons. The van der Waals surface area contributed by atoms with Crippen LogP contribution >= 0.6 is 23.2 Å². The Morgan fingerprint density at radius 3 is 2.62 bits per heavy atom. The number of carbonyl (C=O) groups excluding carboxylic acids is 1. The minimum atomic E-state index is -1.63. The fourth-order valence-corrected chi connectivity index (χ4v) is 3.36. The monoisotopic (exact) mass is 440 g/mol. The number of hydrogen-bond donors (Lipinski definition) is 5. The Bertz CT molecular complexity index is 854. The van der Waals surface area contributed by atoms with Crippen LogP contribution in [0.2, 0.25) is 10.0 Å². The van der Waals surface area contributed by atoms with E-state index < -0.39 is 24.0 Å². The molecule has 1 aliphatic heterocycles. The van der Waals surface area contributed by atoms with Gasteiger partial charge in [0, 0.05) is 12.1 Å². The van der Waals surface area contributed by atoms with E-state index in [0.29, 0.717) is 21.2 Å². The maximum atomic E-state index is 12.1. The molecule has 0 saturated carbocycles. The molecule has 5 N–H and O–H groups in total. The third kappa shape index (κ3) is 5.26. The third-order valence-electron chi connectivity index (χ3n) is 4.81. The first kappa shape index (κ1) is 22.0. The van der Waals surface area contributed by atoms with Gasteiger partial charge in [-0.2, -0.15) is 0 Å². The number of nitrogens with one attached hydrogen (secondary N) is 2. The van der Waals surface area contributed by atoms with Crippen LogP contribution in [-0.4, -0.2) is 58.7 Å². The molecule has 0 spiro atoms. The lowest BCUT2D eigenvalue weighted by molar-refractivity contribution is -0.0477. The van der Waals surface area contributed by atoms with Gasteiger partial charge in [-0.1, -0.05) is 47.5 Å². The van der Waals surface area contributed by atoms with Gasteiger partial charge in [0.2, 0.25) is 0 Å². The number of rotatable bonds is 7. The van der Waals surface area contributed by atoms with Crippen LogP contribution in [0.3, 0.4) is 0 Å². The van der Waals surface area contributed by atoms with Crippen LogP contribution < -0.4 is 10.6 Å². The van der Waals surface area contributed by atoms with E-state index in [4.69, 9.17) is 27.9 Å². The van der Waals surface area contributed by atoms with Crippen LogP contribution in [0.5, 0.6) is 0 Å². The average molecular weight is 441 g/mol. The molecular weight excluding hydrogens is 419 g/mol. The average Bonchev–Trinajstić information content (AvgIpc) is 3.01. The Balaban J connectivity index is 1.52. The van der Waals surface area contributed by atoms with E-state index in [1.165, 1.54) is 6.07 Å². The molecule has 1 saturated heterocycles. The summed E-state index contributed by atoms with van der Waals surface area (Å²) >= 11 is 11.8. The maximum absolute atomic E-state index is 12.1. The lowest BCUT2D eigenvalue weighted by Gasteiger charge is -2.27. The van der Waals surface area contributed by atoms with Crippen molar-refractivity contribution in [2.75, 3.05) is 19.7 Å². The van der Waals surface area contributed by atoms with Crippen LogP contribution in [0.1, 0.15) is 22.1 Å². The van der Waals surface area contributed by atoms with Gasteiger partial charge in [-0.05, 0) is 29.8 Å². The Kier molecular flexibility index (Phi) is 7.13. The first-order chi connectivity index (χ1) is 13.8. The second-order valence-corrected chi connectivity index (χ2v) is 7.75. The quantitative estimate of drug-likeness (QED) is 0.417. The molecule has 1 amide bonds. The molecule has 0 bridgehead atoms. The molecule has 1 unspecified atom stereocenters. The Hall–Kier alpha value is -1.71. The van der Waals surface area contributed by atoms with Crippen LogP contribution in [-0.2, 0) is 4.74 Å². The minimum absolute atomic E-state index is 0.0670. The first-order valence-electron chi connectivity index (χ1n) is 9.02. The van der Waals surface area contributed by atoms with E-state index in [2.05, 4.69) is 10.6 Å². The molecule has 29 heavy (non-hydrogen) atoms. The highest BCUT2D eigenvalue weighted by atomic mass is 35.5. The highest BCUT2D eigenvalue weighted by Gasteiger charge is 2.48. The van der Waals surface area contributed by atoms with Gasteiger partial charge in [-0.3, -0.25) is 10.1 Å². The number of aliphatic hydroxyl groups is 3. The van der Waals surface area contributed by atoms with Gasteiger partial charge in [0.15, 0.2) is 0 Å². The van der Waals surface area contributed by atoms with Crippen molar-refractivity contribution in [3.63, 3.8) is 0 Å². The van der Waals surface area contributed by atoms with E-state index >= 15 is 0 Å². The molecular formula is C20H22Cl2N2O5. The van der Waals surface area contributed by atoms with Gasteiger partial charge in [0.1, 0.15) is 17.9 Å². The fourth-order valence-electron chi connectivity index (χ4n) is 3.05. The Morgan fingerprint density at radius 1 is 1.21 bits per heavy atom. The molecule has 7 nitrogen and oxygen atoms in total. The number of halogens is 2. The summed E-state index contributed by atoms with van der Waals surface area (Å²) in [7, 11) is 0. The zero-order chi connectivity index (χ0) is 21.0. The summed E-state index contributed by atoms with van der Waals surface area (Å²) in [6.07, 6.45) is -3.09. The molecule has 3 rings (SSSR count). The number of hydrogen-bond acceptors (Lipinski definition) is 6. The SMILES string of the molecule is O=C(NC[C@]1(O)CO[C@H](CNC(O)c2ccc(Cl)c(Cl)c2)[C@H]1O)c1ccccc1. The lowest BCUT2D eigenvalue weighted by Crippen LogP contribution is -2.53. The van der Waals surface area contributed by atoms with E-state index in [1.807, 2.05) is 0 Å². The van der Waals surface area contributed by atoms with Gasteiger partial charge in [-0.15, -0.1) is 0 Å². The summed E-state index contributed by atoms with van der Waals surface area (Å²) in [6, 6.07) is 13.3. The zero-order valence-corrected chi connectivity index (χ0v) is 16.9. The summed E-state index contributed by atoms with van der Waals surface area (Å²) in [5.74, 6) is -0.358. The van der Waals surface area contributed by atoms with Gasteiger partial charge >= 0.3 is 0 Å². The third-order valence-corrected chi connectivity index (χ3v) is 5.55. The zero-order valence-electron chi connectivity index (χ0n) is 15.4. The lowest BCUT2D eigenvalue weighted by atomic mass is 9.96. The molecule has 0 aliphatic carbocycles. The topological polar surface area (TPSA) is 111 Å². The van der Waals surface area contributed by atoms with Gasteiger partial charge in [0.05, 0.1) is 29.3 Å². The number of ether oxygens (including phenoxy) is 1. The molecule has 156 valence electrons. The largest absolute Gasteiger partial charge is 0.387 e. The summed E-state index contributed by atoms with van der Waals surface area (Å²) in [6.45, 7) is -0.260. The van der Waals surface area contributed by atoms with E-state index in [-0.39, 0.29) is 25.6 Å². The van der Waals surface area contributed by atoms with Crippen LogP contribution in [0.25, 0.3) is 0 Å². The first-order valence-corrected chi connectivity index (χ1v) is 9.77. The van der Waals surface area contributed by atoms with Crippen molar-refractivity contribution >= 4 is 29.1 Å². The summed E-state index contributed by atoms with van der Waals surface area (Å²) in [5.41, 5.74) is -0.685. The number of amides is 1. The fraction of sp³-hybridized carbons (Fsp3) is 0.350. The molecule has 1 aliphatic rings. The molecule has 1 heterocycles. The summed E-state index contributed by atoms with van der Waals surface area (Å²) in [5, 5.41) is 37.5. The molecule has 4 atom stereocenters. The molecule has 2 aromatic rings. The van der Waals surface area contributed by atoms with Gasteiger partial charge < -0.3 is 25.4 Å². The summed E-state index contributed by atoms with van der Waals surface area (Å²) < 4.78 is 5.48. The van der Waals surface area contributed by atoms with Crippen LogP contribution in [0.15, 0.2) is 48.5 Å². The predicted molar refractivity (Wildman–Crippen MR) is 109 cm³/mol. The van der Waals surface area contributed by atoms with E-state index in [1.54, 1.807) is 42.5 Å². The van der Waals surface area contributed by atoms with Gasteiger partial charge in [0.25, 0.3) is 5.91 Å². The number of carbonyl (C=O) groups is 1. The number of benzene rings is 2. The standard InChI is InChI=1S/C20H22Cl2N2O5/c21-14-7-6-13(8-15(14)22)19(27)23-9-16-17(25)20(28,11-29-16)10-24-18(26)12-4-2-1-3-5-12/h1-8,16-17,19,23,25,27-28H,9-11H2,(H,24,26)/t16-,17-,19?,20+/m1/s1. The highest BCUT2D eigenvalue weighted by molar-refractivity contribution is 6.42. The number of aliphatic hydroxyl groups excluding tert-OH is 2.